The third-order valence-electron chi connectivity index (χ3n) is 3.93. The Morgan fingerprint density at radius 3 is 2.26 bits per heavy atom. The van der Waals surface area contributed by atoms with Crippen molar-refractivity contribution in [1.29, 1.82) is 0 Å². The molecule has 1 aromatic carbocycles. The number of methoxy groups -OCH3 is 1. The van der Waals surface area contributed by atoms with Gasteiger partial charge >= 0.3 is 6.92 Å². The van der Waals surface area contributed by atoms with Gasteiger partial charge in [-0.15, -0.1) is 0 Å². The maximum absolute atomic E-state index is 10.3. The van der Waals surface area contributed by atoms with Gasteiger partial charge in [0, 0.05) is 0 Å². The van der Waals surface area contributed by atoms with E-state index in [0.717, 1.165) is 5.46 Å². The number of hydrogen-bond acceptors (Lipinski definition) is 5. The van der Waals surface area contributed by atoms with Crippen molar-refractivity contribution in [3.8, 4) is 5.75 Å². The van der Waals surface area contributed by atoms with Gasteiger partial charge in [0.15, 0.2) is 0 Å². The lowest BCUT2D eigenvalue weighted by molar-refractivity contribution is -0.0918. The van der Waals surface area contributed by atoms with E-state index < -0.39 is 22.0 Å². The minimum Gasteiger partial charge on any atom is -0.497 e. The fourth-order valence-corrected chi connectivity index (χ4v) is 2.58. The van der Waals surface area contributed by atoms with Crippen LogP contribution in [0.3, 0.4) is 0 Å². The van der Waals surface area contributed by atoms with Crippen LogP contribution < -0.4 is 14.9 Å². The molecule has 0 aliphatic heterocycles. The van der Waals surface area contributed by atoms with Gasteiger partial charge in [0.1, 0.15) is 5.75 Å². The van der Waals surface area contributed by atoms with Crippen molar-refractivity contribution in [3.63, 3.8) is 0 Å². The Morgan fingerprint density at radius 1 is 1.26 bits per heavy atom. The van der Waals surface area contributed by atoms with Crippen LogP contribution in [-0.2, 0) is 4.65 Å². The van der Waals surface area contributed by atoms with Crippen LogP contribution in [0.1, 0.15) is 27.7 Å². The van der Waals surface area contributed by atoms with E-state index in [-0.39, 0.29) is 6.92 Å². The molecule has 0 radical (unpaired) electrons. The Bertz CT molecular complexity index is 540. The summed E-state index contributed by atoms with van der Waals surface area (Å²) in [6.07, 6.45) is 1.42. The second-order valence-corrected chi connectivity index (χ2v) is 8.72. The minimum absolute atomic E-state index is 0.348. The van der Waals surface area contributed by atoms with Crippen LogP contribution in [0.25, 0.3) is 0 Å². The Kier molecular flexibility index (Phi) is 6.04. The molecule has 23 heavy (non-hydrogen) atoms. The van der Waals surface area contributed by atoms with E-state index >= 15 is 0 Å². The smallest absolute Gasteiger partial charge is 0.328 e. The number of nitrogens with one attached hydrogen (secondary N) is 1. The molecule has 1 unspecified atom stereocenters. The van der Waals surface area contributed by atoms with Gasteiger partial charge in [0.25, 0.3) is 0 Å². The van der Waals surface area contributed by atoms with Gasteiger partial charge in [0.2, 0.25) is 0 Å². The maximum atomic E-state index is 10.3. The van der Waals surface area contributed by atoms with Crippen molar-refractivity contribution in [2.45, 2.75) is 45.7 Å². The number of anilines is 1. The van der Waals surface area contributed by atoms with Crippen LogP contribution in [-0.4, -0.2) is 45.7 Å². The van der Waals surface area contributed by atoms with Crippen molar-refractivity contribution >= 4 is 28.8 Å². The minimum atomic E-state index is -2.62. The highest BCUT2D eigenvalue weighted by molar-refractivity contribution is 8.24. The topological polar surface area (TPSA) is 93.8 Å². The normalized spacial score (nSPS) is 16.4. The summed E-state index contributed by atoms with van der Waals surface area (Å²) in [7, 11) is -1.04. The summed E-state index contributed by atoms with van der Waals surface area (Å²) in [5.41, 5.74) is -0.391. The van der Waals surface area contributed by atoms with Crippen molar-refractivity contribution in [2.24, 2.45) is 0 Å². The zero-order chi connectivity index (χ0) is 18.1. The van der Waals surface area contributed by atoms with Crippen LogP contribution in [0.5, 0.6) is 5.75 Å². The average molecular weight is 346 g/mol. The highest BCUT2D eigenvalue weighted by atomic mass is 32.3. The molecule has 0 bridgehead atoms. The highest BCUT2D eigenvalue weighted by Crippen LogP contribution is 2.34. The standard InChI is InChI=1S/C15H28BNO5S/c1-14(2,18)15(3,4)22-16(5)12-10-11(17-23(7,19)20)8-9-13(12)21-6/h8-10,17-20H,1-7H3/p+1. The lowest BCUT2D eigenvalue weighted by atomic mass is 9.62. The number of ether oxygens (including phenoxy) is 1. The van der Waals surface area contributed by atoms with Crippen LogP contribution in [0, 0.1) is 0 Å². The molecule has 1 aromatic rings. The van der Waals surface area contributed by atoms with Gasteiger partial charge in [0.05, 0.1) is 30.3 Å². The molecule has 1 atom stereocenters. The summed E-state index contributed by atoms with van der Waals surface area (Å²) in [4.78, 5) is 0. The number of benzene rings is 1. The Hall–Kier alpha value is -0.925. The van der Waals surface area contributed by atoms with E-state index in [4.69, 9.17) is 13.9 Å². The van der Waals surface area contributed by atoms with Crippen LogP contribution in [0.4, 0.5) is 5.69 Å². The summed E-state index contributed by atoms with van der Waals surface area (Å²) in [5.74, 6) is 0.647. The maximum Gasteiger partial charge on any atom is 0.328 e. The Morgan fingerprint density at radius 2 is 1.83 bits per heavy atom. The molecule has 0 heterocycles. The molecular formula is C15H29BNO5S+. The molecule has 0 aliphatic carbocycles. The quantitative estimate of drug-likeness (QED) is 0.518. The van der Waals surface area contributed by atoms with E-state index in [0.29, 0.717) is 11.4 Å². The molecule has 8 heteroatoms. The van der Waals surface area contributed by atoms with E-state index in [2.05, 4.69) is 4.72 Å². The van der Waals surface area contributed by atoms with E-state index in [1.165, 1.54) is 6.26 Å². The Labute approximate surface area is 140 Å². The van der Waals surface area contributed by atoms with Crippen LogP contribution in [0.2, 0.25) is 6.82 Å². The second-order valence-electron chi connectivity index (χ2n) is 6.76. The average Bonchev–Trinajstić information content (AvgIpc) is 2.34. The van der Waals surface area contributed by atoms with Crippen molar-refractivity contribution in [1.82, 2.24) is 0 Å². The number of rotatable bonds is 7. The molecule has 132 valence electrons. The van der Waals surface area contributed by atoms with Gasteiger partial charge in [-0.1, -0.05) is 6.82 Å². The second kappa shape index (κ2) is 6.90. The lowest BCUT2D eigenvalue weighted by Gasteiger charge is -2.39. The first kappa shape index (κ1) is 20.1. The van der Waals surface area contributed by atoms with Gasteiger partial charge in [-0.2, -0.15) is 0 Å². The van der Waals surface area contributed by atoms with Crippen molar-refractivity contribution in [3.05, 3.63) is 18.2 Å². The third kappa shape index (κ3) is 5.58. The summed E-state index contributed by atoms with van der Waals surface area (Å²) >= 11 is 0. The van der Waals surface area contributed by atoms with Gasteiger partial charge < -0.3 is 19.1 Å². The predicted molar refractivity (Wildman–Crippen MR) is 99.1 cm³/mol. The largest absolute Gasteiger partial charge is 0.497 e. The SMILES string of the molecule is COc1ccc(NS(C)(O)[OH2+])cc1B(C)OC(C)(C)C(C)(C)O. The molecule has 0 saturated carbocycles. The molecule has 1 rings (SSSR count). The number of aliphatic hydroxyl groups is 1. The molecule has 0 amide bonds. The van der Waals surface area contributed by atoms with Gasteiger partial charge in [-0.05, 0) is 62.1 Å². The zero-order valence-corrected chi connectivity index (χ0v) is 15.7. The molecule has 6 nitrogen and oxygen atoms in total. The monoisotopic (exact) mass is 346 g/mol. The Balaban J connectivity index is 3.11. The summed E-state index contributed by atoms with van der Waals surface area (Å²) in [6.45, 7) is 8.60. The van der Waals surface area contributed by atoms with Crippen molar-refractivity contribution in [2.75, 3.05) is 18.1 Å². The molecule has 0 saturated heterocycles. The fraction of sp³-hybridized carbons (Fsp3) is 0.600. The van der Waals surface area contributed by atoms with E-state index in [9.17, 15) is 9.66 Å². The van der Waals surface area contributed by atoms with Crippen LogP contribution >= 0.6 is 10.8 Å². The molecule has 0 spiro atoms. The molecule has 0 fully saturated rings. The van der Waals surface area contributed by atoms with Gasteiger partial charge in [-0.3, -0.25) is 4.72 Å². The first-order valence-electron chi connectivity index (χ1n) is 7.38. The van der Waals surface area contributed by atoms with Crippen molar-refractivity contribution < 1.29 is 23.6 Å². The zero-order valence-electron chi connectivity index (χ0n) is 14.9. The molecule has 0 aliphatic rings. The first-order chi connectivity index (χ1) is 10.3. The number of hydrogen-bond donors (Lipinski definition) is 3. The summed E-state index contributed by atoms with van der Waals surface area (Å²) in [5, 5.41) is 10.3. The van der Waals surface area contributed by atoms with E-state index in [1.807, 2.05) is 20.7 Å². The summed E-state index contributed by atoms with van der Waals surface area (Å²) in [6, 6.07) is 5.30. The van der Waals surface area contributed by atoms with Crippen LogP contribution in [0.15, 0.2) is 18.2 Å². The molecule has 5 N–H and O–H groups in total. The van der Waals surface area contributed by atoms with E-state index in [1.54, 1.807) is 39.2 Å². The lowest BCUT2D eigenvalue weighted by Crippen LogP contribution is -2.52. The predicted octanol–water partition coefficient (Wildman–Crippen LogP) is 1.96. The highest BCUT2D eigenvalue weighted by Gasteiger charge is 2.38. The summed E-state index contributed by atoms with van der Waals surface area (Å²) < 4.78 is 31.5. The van der Waals surface area contributed by atoms with Gasteiger partial charge in [-0.25, -0.2) is 4.55 Å². The first-order valence-corrected chi connectivity index (χ1v) is 9.38. The molecular weight excluding hydrogens is 317 g/mol. The molecule has 0 aromatic heterocycles. The fourth-order valence-electron chi connectivity index (χ4n) is 1.99. The third-order valence-corrected chi connectivity index (χ3v) is 4.56.